The molecule has 0 fully saturated rings. The van der Waals surface area contributed by atoms with E-state index in [4.69, 9.17) is 4.74 Å². The van der Waals surface area contributed by atoms with Gasteiger partial charge in [-0.3, -0.25) is 9.59 Å². The highest BCUT2D eigenvalue weighted by Crippen LogP contribution is 2.18. The molecule has 5 heteroatoms. The molecule has 0 radical (unpaired) electrons. The van der Waals surface area contributed by atoms with Crippen LogP contribution in [0.2, 0.25) is 0 Å². The lowest BCUT2D eigenvalue weighted by Gasteiger charge is -2.27. The molecule has 0 spiro atoms. The Bertz CT molecular complexity index is 234. The molecule has 88 valence electrons. The van der Waals surface area contributed by atoms with Gasteiger partial charge in [0.25, 0.3) is 0 Å². The molecule has 0 bridgehead atoms. The van der Waals surface area contributed by atoms with Gasteiger partial charge in [-0.25, -0.2) is 0 Å². The Morgan fingerprint density at radius 1 is 1.40 bits per heavy atom. The van der Waals surface area contributed by atoms with Gasteiger partial charge in [0.05, 0.1) is 12.5 Å². The highest BCUT2D eigenvalue weighted by molar-refractivity contribution is 5.73. The molecule has 0 aromatic rings. The zero-order valence-electron chi connectivity index (χ0n) is 9.57. The zero-order chi connectivity index (χ0) is 12.1. The van der Waals surface area contributed by atoms with Gasteiger partial charge in [-0.15, -0.1) is 0 Å². The van der Waals surface area contributed by atoms with E-state index in [2.05, 4.69) is 4.74 Å². The first kappa shape index (κ1) is 13.9. The summed E-state index contributed by atoms with van der Waals surface area (Å²) in [7, 11) is 0. The van der Waals surface area contributed by atoms with Gasteiger partial charge < -0.3 is 14.6 Å². The molecule has 0 aliphatic carbocycles. The topological polar surface area (TPSA) is 72.8 Å². The Morgan fingerprint density at radius 2 is 1.93 bits per heavy atom. The maximum absolute atomic E-state index is 11.3. The van der Waals surface area contributed by atoms with Crippen molar-refractivity contribution in [1.29, 1.82) is 0 Å². The van der Waals surface area contributed by atoms with Crippen molar-refractivity contribution in [2.75, 3.05) is 13.2 Å². The van der Waals surface area contributed by atoms with E-state index in [-0.39, 0.29) is 13.2 Å². The van der Waals surface area contributed by atoms with Crippen LogP contribution in [-0.4, -0.2) is 35.9 Å². The fraction of sp³-hybridized carbons (Fsp3) is 0.800. The second kappa shape index (κ2) is 5.70. The van der Waals surface area contributed by atoms with Crippen LogP contribution in [-0.2, 0) is 19.1 Å². The summed E-state index contributed by atoms with van der Waals surface area (Å²) in [6, 6.07) is 0. The molecule has 0 aliphatic heterocycles. The second-order valence-corrected chi connectivity index (χ2v) is 3.61. The molecular formula is C10H18O5. The Balaban J connectivity index is 4.30. The van der Waals surface area contributed by atoms with Crippen molar-refractivity contribution < 1.29 is 24.2 Å². The Morgan fingerprint density at radius 3 is 2.33 bits per heavy atom. The van der Waals surface area contributed by atoms with Gasteiger partial charge in [0, 0.05) is 6.92 Å². The Hall–Kier alpha value is -1.10. The summed E-state index contributed by atoms with van der Waals surface area (Å²) in [6.45, 7) is 5.92. The summed E-state index contributed by atoms with van der Waals surface area (Å²) in [4.78, 5) is 21.9. The predicted molar refractivity (Wildman–Crippen MR) is 53.1 cm³/mol. The fourth-order valence-corrected chi connectivity index (χ4v) is 0.894. The van der Waals surface area contributed by atoms with Crippen LogP contribution >= 0.6 is 0 Å². The molecule has 0 saturated carbocycles. The van der Waals surface area contributed by atoms with Crippen molar-refractivity contribution in [2.24, 2.45) is 5.92 Å². The largest absolute Gasteiger partial charge is 0.466 e. The van der Waals surface area contributed by atoms with E-state index in [1.807, 2.05) is 0 Å². The first-order chi connectivity index (χ1) is 6.81. The number of rotatable bonds is 5. The van der Waals surface area contributed by atoms with Crippen molar-refractivity contribution in [3.05, 3.63) is 0 Å². The minimum absolute atomic E-state index is 0.220. The molecule has 15 heavy (non-hydrogen) atoms. The van der Waals surface area contributed by atoms with Gasteiger partial charge in [-0.1, -0.05) is 0 Å². The van der Waals surface area contributed by atoms with Crippen LogP contribution in [0.1, 0.15) is 27.7 Å². The minimum Gasteiger partial charge on any atom is -0.466 e. The average molecular weight is 218 g/mol. The SMILES string of the molecule is CCOC(=O)C(C)C(C)(O)COC(C)=O. The molecular weight excluding hydrogens is 200 g/mol. The Labute approximate surface area is 89.4 Å². The molecule has 5 nitrogen and oxygen atoms in total. The van der Waals surface area contributed by atoms with Gasteiger partial charge in [0.15, 0.2) is 0 Å². The number of ether oxygens (including phenoxy) is 2. The maximum atomic E-state index is 11.3. The molecule has 0 amide bonds. The van der Waals surface area contributed by atoms with Crippen molar-refractivity contribution in [3.63, 3.8) is 0 Å². The molecule has 0 aromatic heterocycles. The minimum atomic E-state index is -1.40. The quantitative estimate of drug-likeness (QED) is 0.680. The number of hydrogen-bond donors (Lipinski definition) is 1. The molecule has 0 heterocycles. The monoisotopic (exact) mass is 218 g/mol. The van der Waals surface area contributed by atoms with Gasteiger partial charge in [0.2, 0.25) is 0 Å². The number of esters is 2. The van der Waals surface area contributed by atoms with E-state index >= 15 is 0 Å². The smallest absolute Gasteiger partial charge is 0.311 e. The molecule has 2 atom stereocenters. The molecule has 1 N–H and O–H groups in total. The highest BCUT2D eigenvalue weighted by Gasteiger charge is 2.35. The van der Waals surface area contributed by atoms with Crippen LogP contribution in [0.25, 0.3) is 0 Å². The van der Waals surface area contributed by atoms with Crippen LogP contribution in [0, 0.1) is 5.92 Å². The standard InChI is InChI=1S/C10H18O5/c1-5-14-9(12)7(2)10(4,13)6-15-8(3)11/h7,13H,5-6H2,1-4H3. The number of carbonyl (C=O) groups is 2. The van der Waals surface area contributed by atoms with Crippen LogP contribution in [0.5, 0.6) is 0 Å². The summed E-state index contributed by atoms with van der Waals surface area (Å²) in [5.41, 5.74) is -1.40. The molecule has 0 saturated heterocycles. The lowest BCUT2D eigenvalue weighted by atomic mass is 9.92. The second-order valence-electron chi connectivity index (χ2n) is 3.61. The van der Waals surface area contributed by atoms with Gasteiger partial charge in [-0.05, 0) is 20.8 Å². The van der Waals surface area contributed by atoms with Crippen molar-refractivity contribution in [1.82, 2.24) is 0 Å². The van der Waals surface area contributed by atoms with Crippen molar-refractivity contribution >= 4 is 11.9 Å². The third-order valence-corrected chi connectivity index (χ3v) is 2.14. The van der Waals surface area contributed by atoms with E-state index in [9.17, 15) is 14.7 Å². The normalized spacial score (nSPS) is 16.3. The number of carbonyl (C=O) groups excluding carboxylic acids is 2. The first-order valence-electron chi connectivity index (χ1n) is 4.83. The summed E-state index contributed by atoms with van der Waals surface area (Å²) >= 11 is 0. The molecule has 0 aromatic carbocycles. The fourth-order valence-electron chi connectivity index (χ4n) is 0.894. The molecule has 0 aliphatic rings. The summed E-state index contributed by atoms with van der Waals surface area (Å²) in [5.74, 6) is -1.74. The van der Waals surface area contributed by atoms with Crippen LogP contribution in [0.4, 0.5) is 0 Å². The summed E-state index contributed by atoms with van der Waals surface area (Å²) in [6.07, 6.45) is 0. The molecule has 0 rings (SSSR count). The third kappa shape index (κ3) is 4.78. The summed E-state index contributed by atoms with van der Waals surface area (Å²) < 4.78 is 9.42. The predicted octanol–water partition coefficient (Wildman–Crippen LogP) is 0.500. The summed E-state index contributed by atoms with van der Waals surface area (Å²) in [5, 5.41) is 9.85. The lowest BCUT2D eigenvalue weighted by molar-refractivity contribution is -0.165. The third-order valence-electron chi connectivity index (χ3n) is 2.14. The molecule has 2 unspecified atom stereocenters. The van der Waals surface area contributed by atoms with Crippen LogP contribution in [0.15, 0.2) is 0 Å². The lowest BCUT2D eigenvalue weighted by Crippen LogP contribution is -2.43. The van der Waals surface area contributed by atoms with E-state index in [0.717, 1.165) is 0 Å². The van der Waals surface area contributed by atoms with Gasteiger partial charge in [-0.2, -0.15) is 0 Å². The van der Waals surface area contributed by atoms with Crippen LogP contribution < -0.4 is 0 Å². The first-order valence-corrected chi connectivity index (χ1v) is 4.83. The average Bonchev–Trinajstić information content (AvgIpc) is 2.14. The Kier molecular flexibility index (Phi) is 5.28. The number of aliphatic hydroxyl groups is 1. The van der Waals surface area contributed by atoms with E-state index < -0.39 is 23.5 Å². The van der Waals surface area contributed by atoms with Gasteiger partial charge >= 0.3 is 11.9 Å². The highest BCUT2D eigenvalue weighted by atomic mass is 16.5. The van der Waals surface area contributed by atoms with E-state index in [1.165, 1.54) is 20.8 Å². The van der Waals surface area contributed by atoms with Crippen molar-refractivity contribution in [3.8, 4) is 0 Å². The van der Waals surface area contributed by atoms with E-state index in [1.54, 1.807) is 6.92 Å². The maximum Gasteiger partial charge on any atom is 0.311 e. The van der Waals surface area contributed by atoms with Crippen LogP contribution in [0.3, 0.4) is 0 Å². The van der Waals surface area contributed by atoms with Gasteiger partial charge in [0.1, 0.15) is 12.2 Å². The zero-order valence-corrected chi connectivity index (χ0v) is 9.57. The van der Waals surface area contributed by atoms with E-state index in [0.29, 0.717) is 0 Å². The number of hydrogen-bond acceptors (Lipinski definition) is 5. The van der Waals surface area contributed by atoms with Crippen molar-refractivity contribution in [2.45, 2.75) is 33.3 Å².